The summed E-state index contributed by atoms with van der Waals surface area (Å²) in [6, 6.07) is 2.36. The topological polar surface area (TPSA) is 55.2 Å². The van der Waals surface area contributed by atoms with Gasteiger partial charge in [-0.05, 0) is 48.0 Å². The molecule has 0 fully saturated rings. The van der Waals surface area contributed by atoms with E-state index in [1.807, 2.05) is 0 Å². The van der Waals surface area contributed by atoms with Gasteiger partial charge in [0.2, 0.25) is 0 Å². The summed E-state index contributed by atoms with van der Waals surface area (Å²) in [5.41, 5.74) is 1.49. The van der Waals surface area contributed by atoms with Crippen LogP contribution in [0, 0.1) is 15.9 Å². The summed E-state index contributed by atoms with van der Waals surface area (Å²) in [6.45, 7) is 0.577. The van der Waals surface area contributed by atoms with Gasteiger partial charge in [0.25, 0.3) is 5.69 Å². The normalized spacial score (nSPS) is 14.8. The first-order chi connectivity index (χ1) is 9.58. The molecule has 0 radical (unpaired) electrons. The summed E-state index contributed by atoms with van der Waals surface area (Å²) >= 11 is 2.96. The molecule has 0 heterocycles. The van der Waals surface area contributed by atoms with E-state index in [-0.39, 0.29) is 15.8 Å². The summed E-state index contributed by atoms with van der Waals surface area (Å²) in [4.78, 5) is 10.5. The Morgan fingerprint density at radius 2 is 2.20 bits per heavy atom. The Kier molecular flexibility index (Phi) is 5.11. The van der Waals surface area contributed by atoms with E-state index >= 15 is 0 Å². The van der Waals surface area contributed by atoms with Crippen molar-refractivity contribution in [2.75, 3.05) is 11.9 Å². The van der Waals surface area contributed by atoms with Crippen molar-refractivity contribution in [1.82, 2.24) is 0 Å². The second-order valence-electron chi connectivity index (χ2n) is 4.83. The summed E-state index contributed by atoms with van der Waals surface area (Å²) in [7, 11) is 0. The van der Waals surface area contributed by atoms with E-state index in [0.29, 0.717) is 6.54 Å². The molecule has 0 atom stereocenters. The number of hydrogen-bond donors (Lipinski definition) is 1. The Labute approximate surface area is 125 Å². The van der Waals surface area contributed by atoms with Crippen molar-refractivity contribution in [2.45, 2.75) is 32.1 Å². The fraction of sp³-hybridized carbons (Fsp3) is 0.429. The summed E-state index contributed by atoms with van der Waals surface area (Å²) in [5.74, 6) is -0.505. The number of halogens is 2. The molecule has 0 bridgehead atoms. The summed E-state index contributed by atoms with van der Waals surface area (Å²) < 4.78 is 13.6. The van der Waals surface area contributed by atoms with Crippen LogP contribution in [0.15, 0.2) is 28.3 Å². The van der Waals surface area contributed by atoms with E-state index < -0.39 is 10.7 Å². The predicted molar refractivity (Wildman–Crippen MR) is 80.4 cm³/mol. The highest BCUT2D eigenvalue weighted by atomic mass is 79.9. The molecule has 1 N–H and O–H groups in total. The monoisotopic (exact) mass is 342 g/mol. The van der Waals surface area contributed by atoms with Crippen molar-refractivity contribution >= 4 is 27.3 Å². The van der Waals surface area contributed by atoms with E-state index in [4.69, 9.17) is 0 Å². The molecule has 0 spiro atoms. The quantitative estimate of drug-likeness (QED) is 0.475. The molecule has 1 aromatic rings. The molecular formula is C14H16BrFN2O2. The Morgan fingerprint density at radius 1 is 1.40 bits per heavy atom. The van der Waals surface area contributed by atoms with Crippen LogP contribution >= 0.6 is 15.9 Å². The maximum absolute atomic E-state index is 13.5. The zero-order valence-corrected chi connectivity index (χ0v) is 12.6. The maximum Gasteiger partial charge on any atom is 0.293 e. The summed E-state index contributed by atoms with van der Waals surface area (Å²) in [5, 5.41) is 13.9. The third-order valence-corrected chi connectivity index (χ3v) is 3.99. The molecule has 6 heteroatoms. The van der Waals surface area contributed by atoms with Gasteiger partial charge in [-0.3, -0.25) is 10.1 Å². The van der Waals surface area contributed by atoms with E-state index in [9.17, 15) is 14.5 Å². The van der Waals surface area contributed by atoms with Gasteiger partial charge in [0.1, 0.15) is 11.5 Å². The van der Waals surface area contributed by atoms with Gasteiger partial charge < -0.3 is 5.32 Å². The number of allylic oxidation sites excluding steroid dienone is 1. The lowest BCUT2D eigenvalue weighted by Crippen LogP contribution is -2.07. The van der Waals surface area contributed by atoms with Gasteiger partial charge in [0, 0.05) is 18.7 Å². The van der Waals surface area contributed by atoms with Gasteiger partial charge in [-0.15, -0.1) is 0 Å². The molecule has 1 aliphatic carbocycles. The zero-order valence-electron chi connectivity index (χ0n) is 11.0. The van der Waals surface area contributed by atoms with Crippen LogP contribution in [0.3, 0.4) is 0 Å². The molecule has 1 aliphatic rings. The fourth-order valence-corrected chi connectivity index (χ4v) is 2.65. The Bertz CT molecular complexity index is 546. The van der Waals surface area contributed by atoms with E-state index in [1.54, 1.807) is 0 Å². The third-order valence-electron chi connectivity index (χ3n) is 3.38. The zero-order chi connectivity index (χ0) is 14.5. The minimum atomic E-state index is -0.508. The van der Waals surface area contributed by atoms with Crippen LogP contribution in [-0.4, -0.2) is 11.5 Å². The van der Waals surface area contributed by atoms with Crippen molar-refractivity contribution in [3.05, 3.63) is 44.2 Å². The first-order valence-corrected chi connectivity index (χ1v) is 7.42. The highest BCUT2D eigenvalue weighted by molar-refractivity contribution is 9.10. The highest BCUT2D eigenvalue weighted by Gasteiger charge is 2.17. The summed E-state index contributed by atoms with van der Waals surface area (Å²) in [6.07, 6.45) is 7.73. The number of nitro benzene ring substituents is 1. The lowest BCUT2D eigenvalue weighted by Gasteiger charge is -2.13. The molecule has 2 rings (SSSR count). The Morgan fingerprint density at radius 3 is 2.85 bits per heavy atom. The van der Waals surface area contributed by atoms with Gasteiger partial charge >= 0.3 is 0 Å². The van der Waals surface area contributed by atoms with Crippen molar-refractivity contribution in [3.63, 3.8) is 0 Å². The molecule has 20 heavy (non-hydrogen) atoms. The van der Waals surface area contributed by atoms with Crippen LogP contribution in [-0.2, 0) is 0 Å². The van der Waals surface area contributed by atoms with E-state index in [1.165, 1.54) is 24.5 Å². The number of benzene rings is 1. The average molecular weight is 343 g/mol. The number of hydrogen-bond acceptors (Lipinski definition) is 3. The minimum absolute atomic E-state index is 0.102. The lowest BCUT2D eigenvalue weighted by atomic mass is 9.97. The van der Waals surface area contributed by atoms with Crippen molar-refractivity contribution in [2.24, 2.45) is 0 Å². The van der Waals surface area contributed by atoms with Crippen LogP contribution in [0.25, 0.3) is 0 Å². The van der Waals surface area contributed by atoms with Crippen LogP contribution in [0.4, 0.5) is 15.8 Å². The molecule has 0 amide bonds. The molecule has 4 nitrogen and oxygen atoms in total. The Balaban J connectivity index is 2.03. The van der Waals surface area contributed by atoms with Gasteiger partial charge in [-0.1, -0.05) is 11.6 Å². The van der Waals surface area contributed by atoms with Crippen molar-refractivity contribution in [3.8, 4) is 0 Å². The molecule has 0 unspecified atom stereocenters. The number of nitrogens with zero attached hydrogens (tertiary/aromatic N) is 1. The smallest absolute Gasteiger partial charge is 0.293 e. The standard InChI is InChI=1S/C14H16BrFN2O2/c15-11-8-14(18(19)20)13(9-12(11)16)17-7-6-10-4-2-1-3-5-10/h4,8-9,17H,1-3,5-7H2. The molecule has 1 aromatic carbocycles. The van der Waals surface area contributed by atoms with Gasteiger partial charge in [0.15, 0.2) is 0 Å². The number of nitro groups is 1. The first-order valence-electron chi connectivity index (χ1n) is 6.63. The SMILES string of the molecule is O=[N+]([O-])c1cc(Br)c(F)cc1NCCC1=CCCCC1. The fourth-order valence-electron chi connectivity index (χ4n) is 2.32. The molecule has 0 saturated heterocycles. The van der Waals surface area contributed by atoms with Gasteiger partial charge in [-0.2, -0.15) is 0 Å². The molecule has 0 aromatic heterocycles. The average Bonchev–Trinajstić information content (AvgIpc) is 2.43. The highest BCUT2D eigenvalue weighted by Crippen LogP contribution is 2.30. The molecule has 0 aliphatic heterocycles. The third kappa shape index (κ3) is 3.79. The second kappa shape index (κ2) is 6.83. The van der Waals surface area contributed by atoms with Gasteiger partial charge in [-0.25, -0.2) is 4.39 Å². The largest absolute Gasteiger partial charge is 0.379 e. The number of nitrogens with one attached hydrogen (secondary N) is 1. The predicted octanol–water partition coefficient (Wildman–Crippen LogP) is 4.80. The van der Waals surface area contributed by atoms with Crippen LogP contribution in [0.2, 0.25) is 0 Å². The van der Waals surface area contributed by atoms with Crippen molar-refractivity contribution < 1.29 is 9.31 Å². The molecular weight excluding hydrogens is 327 g/mol. The minimum Gasteiger partial charge on any atom is -0.379 e. The lowest BCUT2D eigenvalue weighted by molar-refractivity contribution is -0.384. The van der Waals surface area contributed by atoms with E-state index in [2.05, 4.69) is 27.3 Å². The van der Waals surface area contributed by atoms with Gasteiger partial charge in [0.05, 0.1) is 9.40 Å². The molecule has 108 valence electrons. The maximum atomic E-state index is 13.5. The van der Waals surface area contributed by atoms with Crippen molar-refractivity contribution in [1.29, 1.82) is 0 Å². The first kappa shape index (κ1) is 15.0. The number of anilines is 1. The Hall–Kier alpha value is -1.43. The van der Waals surface area contributed by atoms with Crippen LogP contribution in [0.5, 0.6) is 0 Å². The second-order valence-corrected chi connectivity index (χ2v) is 5.68. The van der Waals surface area contributed by atoms with E-state index in [0.717, 1.165) is 25.3 Å². The van der Waals surface area contributed by atoms with Crippen LogP contribution < -0.4 is 5.32 Å². The molecule has 0 saturated carbocycles. The van der Waals surface area contributed by atoms with Crippen LogP contribution in [0.1, 0.15) is 32.1 Å². The number of rotatable bonds is 5.